The molecule has 3 aliphatic carbocycles. The second kappa shape index (κ2) is 2.24. The molecular formula is C11H18. The predicted octanol–water partition coefficient (Wildman–Crippen LogP) is 3.22. The van der Waals surface area contributed by atoms with E-state index in [9.17, 15) is 0 Å². The first kappa shape index (κ1) is 6.51. The van der Waals surface area contributed by atoms with Gasteiger partial charge in [-0.15, -0.1) is 0 Å². The van der Waals surface area contributed by atoms with Crippen molar-refractivity contribution < 1.29 is 0 Å². The Hall–Kier alpha value is 0. The standard InChI is InChI=1S/C11H18/c1-2-4-9-6-11-7-10(11)5-8(9)3-1/h8-11H,1-7H2. The quantitative estimate of drug-likeness (QED) is 0.497. The molecule has 0 aliphatic heterocycles. The fraction of sp³-hybridized carbons (Fsp3) is 1.00. The summed E-state index contributed by atoms with van der Waals surface area (Å²) in [4.78, 5) is 0. The molecule has 0 saturated heterocycles. The zero-order valence-corrected chi connectivity index (χ0v) is 7.26. The molecule has 0 heteroatoms. The van der Waals surface area contributed by atoms with Crippen LogP contribution in [0.25, 0.3) is 0 Å². The summed E-state index contributed by atoms with van der Waals surface area (Å²) in [7, 11) is 0. The fourth-order valence-corrected chi connectivity index (χ4v) is 3.57. The first-order valence-corrected chi connectivity index (χ1v) is 5.43. The zero-order valence-electron chi connectivity index (χ0n) is 7.26. The summed E-state index contributed by atoms with van der Waals surface area (Å²) < 4.78 is 0. The molecule has 0 radical (unpaired) electrons. The monoisotopic (exact) mass is 150 g/mol. The first-order chi connectivity index (χ1) is 5.43. The van der Waals surface area contributed by atoms with Gasteiger partial charge >= 0.3 is 0 Å². The van der Waals surface area contributed by atoms with Crippen molar-refractivity contribution in [3.05, 3.63) is 0 Å². The van der Waals surface area contributed by atoms with Gasteiger partial charge in [0.05, 0.1) is 0 Å². The van der Waals surface area contributed by atoms with Crippen molar-refractivity contribution in [2.24, 2.45) is 23.7 Å². The third-order valence-corrected chi connectivity index (χ3v) is 4.35. The van der Waals surface area contributed by atoms with Gasteiger partial charge in [-0.2, -0.15) is 0 Å². The minimum atomic E-state index is 1.17. The Morgan fingerprint density at radius 2 is 1.00 bits per heavy atom. The molecule has 4 atom stereocenters. The molecule has 0 aromatic heterocycles. The van der Waals surface area contributed by atoms with Crippen LogP contribution in [-0.2, 0) is 0 Å². The molecular weight excluding hydrogens is 132 g/mol. The maximum absolute atomic E-state index is 1.62. The third-order valence-electron chi connectivity index (χ3n) is 4.35. The van der Waals surface area contributed by atoms with E-state index in [1.807, 2.05) is 0 Å². The molecule has 0 nitrogen and oxygen atoms in total. The second-order valence-corrected chi connectivity index (χ2v) is 5.03. The molecule has 0 heterocycles. The van der Waals surface area contributed by atoms with Crippen LogP contribution >= 0.6 is 0 Å². The van der Waals surface area contributed by atoms with Crippen molar-refractivity contribution in [1.29, 1.82) is 0 Å². The first-order valence-electron chi connectivity index (χ1n) is 5.43. The maximum atomic E-state index is 1.62. The Kier molecular flexibility index (Phi) is 1.33. The highest BCUT2D eigenvalue weighted by Gasteiger charge is 2.46. The Balaban J connectivity index is 1.73. The number of rotatable bonds is 0. The summed E-state index contributed by atoms with van der Waals surface area (Å²) in [6.45, 7) is 0. The van der Waals surface area contributed by atoms with Crippen LogP contribution in [0.1, 0.15) is 44.9 Å². The minimum Gasteiger partial charge on any atom is -0.0530 e. The Labute approximate surface area is 69.4 Å². The van der Waals surface area contributed by atoms with Gasteiger partial charge in [0.1, 0.15) is 0 Å². The summed E-state index contributed by atoms with van der Waals surface area (Å²) in [5.74, 6) is 4.75. The van der Waals surface area contributed by atoms with E-state index < -0.39 is 0 Å². The largest absolute Gasteiger partial charge is 0.0530 e. The molecule has 0 N–H and O–H groups in total. The molecule has 3 fully saturated rings. The van der Waals surface area contributed by atoms with Crippen molar-refractivity contribution in [3.8, 4) is 0 Å². The van der Waals surface area contributed by atoms with E-state index in [1.165, 1.54) is 23.7 Å². The summed E-state index contributed by atoms with van der Waals surface area (Å²) in [6, 6.07) is 0. The van der Waals surface area contributed by atoms with Crippen LogP contribution in [0.15, 0.2) is 0 Å². The van der Waals surface area contributed by atoms with Crippen LogP contribution in [0.5, 0.6) is 0 Å². The molecule has 4 unspecified atom stereocenters. The van der Waals surface area contributed by atoms with Crippen molar-refractivity contribution in [1.82, 2.24) is 0 Å². The lowest BCUT2D eigenvalue weighted by atomic mass is 9.71. The van der Waals surface area contributed by atoms with Gasteiger partial charge in [-0.1, -0.05) is 25.7 Å². The van der Waals surface area contributed by atoms with Crippen LogP contribution < -0.4 is 0 Å². The van der Waals surface area contributed by atoms with E-state index in [0.717, 1.165) is 0 Å². The topological polar surface area (TPSA) is 0 Å². The van der Waals surface area contributed by atoms with Gasteiger partial charge in [0, 0.05) is 0 Å². The van der Waals surface area contributed by atoms with Crippen LogP contribution in [0.2, 0.25) is 0 Å². The Morgan fingerprint density at radius 3 is 1.55 bits per heavy atom. The van der Waals surface area contributed by atoms with Gasteiger partial charge in [-0.3, -0.25) is 0 Å². The second-order valence-electron chi connectivity index (χ2n) is 5.03. The summed E-state index contributed by atoms with van der Waals surface area (Å²) in [5.41, 5.74) is 0. The van der Waals surface area contributed by atoms with Crippen molar-refractivity contribution in [2.45, 2.75) is 44.9 Å². The molecule has 3 rings (SSSR count). The number of hydrogen-bond donors (Lipinski definition) is 0. The van der Waals surface area contributed by atoms with Crippen molar-refractivity contribution >= 4 is 0 Å². The van der Waals surface area contributed by atoms with Gasteiger partial charge in [-0.05, 0) is 42.9 Å². The van der Waals surface area contributed by atoms with Crippen LogP contribution in [0.3, 0.4) is 0 Å². The van der Waals surface area contributed by atoms with Crippen molar-refractivity contribution in [3.63, 3.8) is 0 Å². The third kappa shape index (κ3) is 1.02. The molecule has 62 valence electrons. The smallest absolute Gasteiger partial charge is 0.0380 e. The molecule has 11 heavy (non-hydrogen) atoms. The molecule has 0 aromatic rings. The van der Waals surface area contributed by atoms with Gasteiger partial charge in [-0.25, -0.2) is 0 Å². The van der Waals surface area contributed by atoms with Crippen LogP contribution in [-0.4, -0.2) is 0 Å². The Morgan fingerprint density at radius 1 is 0.545 bits per heavy atom. The zero-order chi connectivity index (χ0) is 7.26. The van der Waals surface area contributed by atoms with Crippen LogP contribution in [0, 0.1) is 23.7 Å². The highest BCUT2D eigenvalue weighted by Crippen LogP contribution is 2.56. The summed E-state index contributed by atoms with van der Waals surface area (Å²) >= 11 is 0. The fourth-order valence-electron chi connectivity index (χ4n) is 3.57. The van der Waals surface area contributed by atoms with Gasteiger partial charge in [0.25, 0.3) is 0 Å². The average Bonchev–Trinajstić information content (AvgIpc) is 2.77. The van der Waals surface area contributed by atoms with E-state index in [2.05, 4.69) is 0 Å². The molecule has 3 aliphatic rings. The molecule has 0 aromatic carbocycles. The van der Waals surface area contributed by atoms with E-state index >= 15 is 0 Å². The predicted molar refractivity (Wildman–Crippen MR) is 46.3 cm³/mol. The van der Waals surface area contributed by atoms with E-state index in [-0.39, 0.29) is 0 Å². The molecule has 0 bridgehead atoms. The van der Waals surface area contributed by atoms with E-state index in [0.29, 0.717) is 0 Å². The lowest BCUT2D eigenvalue weighted by molar-refractivity contribution is 0.164. The van der Waals surface area contributed by atoms with E-state index in [1.54, 1.807) is 44.9 Å². The highest BCUT2D eigenvalue weighted by molar-refractivity contribution is 4.96. The van der Waals surface area contributed by atoms with Crippen LogP contribution in [0.4, 0.5) is 0 Å². The SMILES string of the molecule is C1CCC2CC3CC3CC2C1. The van der Waals surface area contributed by atoms with Gasteiger partial charge in [0.15, 0.2) is 0 Å². The Bertz CT molecular complexity index is 143. The molecule has 0 spiro atoms. The molecule has 0 amide bonds. The summed E-state index contributed by atoms with van der Waals surface area (Å²) in [6.07, 6.45) is 11.1. The number of hydrogen-bond acceptors (Lipinski definition) is 0. The van der Waals surface area contributed by atoms with Gasteiger partial charge in [0.2, 0.25) is 0 Å². The highest BCUT2D eigenvalue weighted by atomic mass is 14.5. The lowest BCUT2D eigenvalue weighted by Gasteiger charge is -2.35. The van der Waals surface area contributed by atoms with Crippen molar-refractivity contribution in [2.75, 3.05) is 0 Å². The minimum absolute atomic E-state index is 1.17. The maximum Gasteiger partial charge on any atom is -0.0380 e. The lowest BCUT2D eigenvalue weighted by Crippen LogP contribution is -2.24. The normalized spacial score (nSPS) is 54.5. The number of fused-ring (bicyclic) bond motifs is 2. The van der Waals surface area contributed by atoms with E-state index in [4.69, 9.17) is 0 Å². The molecule has 3 saturated carbocycles. The van der Waals surface area contributed by atoms with Gasteiger partial charge < -0.3 is 0 Å². The summed E-state index contributed by atoms with van der Waals surface area (Å²) in [5, 5.41) is 0. The average molecular weight is 150 g/mol.